The van der Waals surface area contributed by atoms with Crippen LogP contribution >= 0.6 is 11.6 Å². The SMILES string of the molecule is Clc1ccc(C2=CCc3ccccc3C2)cc1. The summed E-state index contributed by atoms with van der Waals surface area (Å²) >= 11 is 5.91. The molecule has 17 heavy (non-hydrogen) atoms. The molecule has 0 spiro atoms. The van der Waals surface area contributed by atoms with Gasteiger partial charge in [-0.15, -0.1) is 0 Å². The highest BCUT2D eigenvalue weighted by molar-refractivity contribution is 6.30. The quantitative estimate of drug-likeness (QED) is 0.688. The first-order valence-corrected chi connectivity index (χ1v) is 6.22. The third-order valence-electron chi connectivity index (χ3n) is 3.28. The summed E-state index contributed by atoms with van der Waals surface area (Å²) in [5.74, 6) is 0. The number of halogens is 1. The highest BCUT2D eigenvalue weighted by atomic mass is 35.5. The molecule has 0 saturated heterocycles. The zero-order valence-electron chi connectivity index (χ0n) is 9.49. The number of hydrogen-bond acceptors (Lipinski definition) is 0. The van der Waals surface area contributed by atoms with Crippen molar-refractivity contribution in [3.8, 4) is 0 Å². The molecule has 3 rings (SSSR count). The molecular formula is C16H13Cl. The Balaban J connectivity index is 1.93. The van der Waals surface area contributed by atoms with E-state index in [0.29, 0.717) is 0 Å². The first-order valence-electron chi connectivity index (χ1n) is 5.85. The first-order chi connectivity index (χ1) is 8.33. The molecular weight excluding hydrogens is 228 g/mol. The summed E-state index contributed by atoms with van der Waals surface area (Å²) in [4.78, 5) is 0. The van der Waals surface area contributed by atoms with Crippen LogP contribution in [0.2, 0.25) is 5.02 Å². The molecule has 0 saturated carbocycles. The summed E-state index contributed by atoms with van der Waals surface area (Å²) in [5, 5.41) is 0.797. The number of rotatable bonds is 1. The number of hydrogen-bond donors (Lipinski definition) is 0. The highest BCUT2D eigenvalue weighted by Crippen LogP contribution is 2.27. The molecule has 0 aliphatic heterocycles. The lowest BCUT2D eigenvalue weighted by atomic mass is 9.88. The molecule has 0 aromatic heterocycles. The van der Waals surface area contributed by atoms with Crippen molar-refractivity contribution in [1.82, 2.24) is 0 Å². The van der Waals surface area contributed by atoms with Gasteiger partial charge in [-0.1, -0.05) is 54.1 Å². The van der Waals surface area contributed by atoms with Crippen LogP contribution in [0.5, 0.6) is 0 Å². The summed E-state index contributed by atoms with van der Waals surface area (Å²) in [6, 6.07) is 16.8. The summed E-state index contributed by atoms with van der Waals surface area (Å²) in [6.45, 7) is 0. The summed E-state index contributed by atoms with van der Waals surface area (Å²) in [6.07, 6.45) is 4.39. The van der Waals surface area contributed by atoms with Crippen LogP contribution in [0, 0.1) is 0 Å². The average Bonchev–Trinajstić information content (AvgIpc) is 2.39. The Hall–Kier alpha value is -1.53. The van der Waals surface area contributed by atoms with Crippen LogP contribution in [-0.4, -0.2) is 0 Å². The summed E-state index contributed by atoms with van der Waals surface area (Å²) in [5.41, 5.74) is 5.58. The standard InChI is InChI=1S/C16H13Cl/c17-16-9-7-13(8-10-16)15-6-5-12-3-1-2-4-14(12)11-15/h1-4,6-10H,5,11H2. The molecule has 0 unspecified atom stereocenters. The van der Waals surface area contributed by atoms with Crippen molar-refractivity contribution in [3.63, 3.8) is 0 Å². The summed E-state index contributed by atoms with van der Waals surface area (Å²) < 4.78 is 0. The van der Waals surface area contributed by atoms with E-state index in [9.17, 15) is 0 Å². The number of benzene rings is 2. The molecule has 0 bridgehead atoms. The molecule has 1 aliphatic rings. The number of allylic oxidation sites excluding steroid dienone is 2. The Morgan fingerprint density at radius 3 is 2.29 bits per heavy atom. The lowest BCUT2D eigenvalue weighted by Crippen LogP contribution is -2.02. The lowest BCUT2D eigenvalue weighted by Gasteiger charge is -2.17. The Labute approximate surface area is 107 Å². The van der Waals surface area contributed by atoms with Crippen LogP contribution in [0.4, 0.5) is 0 Å². The maximum absolute atomic E-state index is 5.91. The molecule has 0 N–H and O–H groups in total. The Morgan fingerprint density at radius 2 is 1.53 bits per heavy atom. The topological polar surface area (TPSA) is 0 Å². The van der Waals surface area contributed by atoms with Crippen LogP contribution in [0.3, 0.4) is 0 Å². The normalized spacial score (nSPS) is 14.1. The fourth-order valence-electron chi connectivity index (χ4n) is 2.32. The molecule has 0 amide bonds. The van der Waals surface area contributed by atoms with E-state index in [1.165, 1.54) is 22.3 Å². The Bertz CT molecular complexity index is 564. The third-order valence-corrected chi connectivity index (χ3v) is 3.53. The molecule has 1 heteroatoms. The minimum atomic E-state index is 0.797. The first kappa shape index (κ1) is 10.6. The van der Waals surface area contributed by atoms with E-state index in [-0.39, 0.29) is 0 Å². The second-order valence-electron chi connectivity index (χ2n) is 4.39. The molecule has 0 nitrogen and oxygen atoms in total. The molecule has 0 fully saturated rings. The van der Waals surface area contributed by atoms with Gasteiger partial charge in [-0.25, -0.2) is 0 Å². The Kier molecular flexibility index (Phi) is 2.74. The van der Waals surface area contributed by atoms with E-state index in [2.05, 4.69) is 42.5 Å². The van der Waals surface area contributed by atoms with Crippen LogP contribution in [0.15, 0.2) is 54.6 Å². The maximum Gasteiger partial charge on any atom is 0.0406 e. The van der Waals surface area contributed by atoms with E-state index in [0.717, 1.165) is 17.9 Å². The van der Waals surface area contributed by atoms with E-state index < -0.39 is 0 Å². The van der Waals surface area contributed by atoms with Gasteiger partial charge in [0.1, 0.15) is 0 Å². The second-order valence-corrected chi connectivity index (χ2v) is 4.82. The van der Waals surface area contributed by atoms with Crippen molar-refractivity contribution in [2.45, 2.75) is 12.8 Å². The van der Waals surface area contributed by atoms with Gasteiger partial charge in [0.2, 0.25) is 0 Å². The zero-order chi connectivity index (χ0) is 11.7. The van der Waals surface area contributed by atoms with Gasteiger partial charge in [0.15, 0.2) is 0 Å². The van der Waals surface area contributed by atoms with Crippen LogP contribution < -0.4 is 0 Å². The molecule has 0 atom stereocenters. The van der Waals surface area contributed by atoms with Gasteiger partial charge in [-0.3, -0.25) is 0 Å². The van der Waals surface area contributed by atoms with Gasteiger partial charge in [0, 0.05) is 5.02 Å². The highest BCUT2D eigenvalue weighted by Gasteiger charge is 2.11. The molecule has 2 aromatic carbocycles. The van der Waals surface area contributed by atoms with Gasteiger partial charge in [0.05, 0.1) is 0 Å². The molecule has 0 radical (unpaired) electrons. The van der Waals surface area contributed by atoms with E-state index in [4.69, 9.17) is 11.6 Å². The average molecular weight is 241 g/mol. The molecule has 1 aliphatic carbocycles. The monoisotopic (exact) mass is 240 g/mol. The van der Waals surface area contributed by atoms with Crippen molar-refractivity contribution < 1.29 is 0 Å². The molecule has 2 aromatic rings. The van der Waals surface area contributed by atoms with Gasteiger partial charge >= 0.3 is 0 Å². The van der Waals surface area contributed by atoms with Crippen molar-refractivity contribution in [1.29, 1.82) is 0 Å². The fourth-order valence-corrected chi connectivity index (χ4v) is 2.45. The smallest absolute Gasteiger partial charge is 0.0406 e. The van der Waals surface area contributed by atoms with E-state index >= 15 is 0 Å². The zero-order valence-corrected chi connectivity index (χ0v) is 10.2. The second kappa shape index (κ2) is 4.38. The predicted molar refractivity (Wildman–Crippen MR) is 73.3 cm³/mol. The summed E-state index contributed by atoms with van der Waals surface area (Å²) in [7, 11) is 0. The van der Waals surface area contributed by atoms with Crippen LogP contribution in [0.1, 0.15) is 16.7 Å². The van der Waals surface area contributed by atoms with Gasteiger partial charge in [0.25, 0.3) is 0 Å². The number of fused-ring (bicyclic) bond motifs is 1. The third kappa shape index (κ3) is 2.13. The van der Waals surface area contributed by atoms with Crippen molar-refractivity contribution in [2.75, 3.05) is 0 Å². The van der Waals surface area contributed by atoms with Crippen molar-refractivity contribution in [3.05, 3.63) is 76.3 Å². The van der Waals surface area contributed by atoms with Crippen molar-refractivity contribution in [2.24, 2.45) is 0 Å². The predicted octanol–water partition coefficient (Wildman–Crippen LogP) is 4.52. The molecule has 84 valence electrons. The van der Waals surface area contributed by atoms with Crippen LogP contribution in [0.25, 0.3) is 5.57 Å². The largest absolute Gasteiger partial charge is 0.0843 e. The minimum Gasteiger partial charge on any atom is -0.0843 e. The van der Waals surface area contributed by atoms with E-state index in [1.54, 1.807) is 0 Å². The minimum absolute atomic E-state index is 0.797. The van der Waals surface area contributed by atoms with Gasteiger partial charge < -0.3 is 0 Å². The fraction of sp³-hybridized carbons (Fsp3) is 0.125. The lowest BCUT2D eigenvalue weighted by molar-refractivity contribution is 1.11. The Morgan fingerprint density at radius 1 is 0.824 bits per heavy atom. The molecule has 0 heterocycles. The van der Waals surface area contributed by atoms with Crippen LogP contribution in [-0.2, 0) is 12.8 Å². The van der Waals surface area contributed by atoms with Gasteiger partial charge in [-0.05, 0) is 47.2 Å². The van der Waals surface area contributed by atoms with Gasteiger partial charge in [-0.2, -0.15) is 0 Å². The van der Waals surface area contributed by atoms with Crippen molar-refractivity contribution >= 4 is 17.2 Å². The van der Waals surface area contributed by atoms with E-state index in [1.807, 2.05) is 12.1 Å². The maximum atomic E-state index is 5.91.